The second-order valence-corrected chi connectivity index (χ2v) is 5.78. The van der Waals surface area contributed by atoms with Crippen molar-refractivity contribution in [3.63, 3.8) is 0 Å². The largest absolute Gasteiger partial charge is 0.493 e. The Bertz CT molecular complexity index is 631. The molecule has 0 aromatic heterocycles. The summed E-state index contributed by atoms with van der Waals surface area (Å²) >= 11 is 0. The van der Waals surface area contributed by atoms with Crippen LogP contribution in [0.1, 0.15) is 24.0 Å². The Morgan fingerprint density at radius 2 is 1.95 bits per heavy atom. The Balaban J connectivity index is 1.58. The summed E-state index contributed by atoms with van der Waals surface area (Å²) < 4.78 is 5.57. The lowest BCUT2D eigenvalue weighted by Crippen LogP contribution is -2.15. The highest BCUT2D eigenvalue weighted by atomic mass is 16.5. The molecule has 2 aromatic carbocycles. The average Bonchev–Trinajstić information content (AvgIpc) is 3.20. The van der Waals surface area contributed by atoms with Gasteiger partial charge in [-0.1, -0.05) is 24.3 Å². The predicted octanol–water partition coefficient (Wildman–Crippen LogP) is 3.54. The fourth-order valence-electron chi connectivity index (χ4n) is 2.78. The maximum atomic E-state index is 5.57. The van der Waals surface area contributed by atoms with Crippen LogP contribution in [0.4, 0.5) is 0 Å². The Morgan fingerprint density at radius 3 is 2.85 bits per heavy atom. The van der Waals surface area contributed by atoms with Gasteiger partial charge in [-0.05, 0) is 53.3 Å². The van der Waals surface area contributed by atoms with E-state index in [1.165, 1.54) is 35.1 Å². The van der Waals surface area contributed by atoms with Crippen molar-refractivity contribution in [2.75, 3.05) is 6.61 Å². The fourth-order valence-corrected chi connectivity index (χ4v) is 2.78. The third-order valence-corrected chi connectivity index (χ3v) is 4.12. The minimum Gasteiger partial charge on any atom is -0.493 e. The molecular weight excluding hydrogens is 246 g/mol. The Hall–Kier alpha value is -1.80. The van der Waals surface area contributed by atoms with Gasteiger partial charge in [-0.2, -0.15) is 0 Å². The van der Waals surface area contributed by atoms with Crippen LogP contribution >= 0.6 is 0 Å². The molecule has 0 amide bonds. The first-order valence-corrected chi connectivity index (χ1v) is 7.47. The van der Waals surface area contributed by atoms with Crippen molar-refractivity contribution in [1.82, 2.24) is 5.32 Å². The van der Waals surface area contributed by atoms with Crippen LogP contribution in [0.5, 0.6) is 5.75 Å². The van der Waals surface area contributed by atoms with Crippen LogP contribution in [0.3, 0.4) is 0 Å². The molecule has 0 atom stereocenters. The molecule has 2 nitrogen and oxygen atoms in total. The fraction of sp³-hybridized carbons (Fsp3) is 0.333. The van der Waals surface area contributed by atoms with Gasteiger partial charge < -0.3 is 10.1 Å². The van der Waals surface area contributed by atoms with Gasteiger partial charge in [-0.15, -0.1) is 0 Å². The monoisotopic (exact) mass is 265 g/mol. The molecule has 1 aliphatic carbocycles. The number of benzene rings is 2. The molecular formula is C18H19NO. The van der Waals surface area contributed by atoms with Crippen LogP contribution in [0.15, 0.2) is 42.5 Å². The molecule has 0 unspecified atom stereocenters. The van der Waals surface area contributed by atoms with Crippen molar-refractivity contribution < 1.29 is 4.74 Å². The van der Waals surface area contributed by atoms with E-state index in [9.17, 15) is 0 Å². The predicted molar refractivity (Wildman–Crippen MR) is 80.9 cm³/mol. The maximum Gasteiger partial charge on any atom is 0.122 e. The summed E-state index contributed by atoms with van der Waals surface area (Å²) in [6.07, 6.45) is 3.71. The molecule has 0 bridgehead atoms. The quantitative estimate of drug-likeness (QED) is 0.913. The molecule has 1 aliphatic heterocycles. The molecule has 2 aromatic rings. The molecule has 1 N–H and O–H groups in total. The maximum absolute atomic E-state index is 5.57. The SMILES string of the molecule is c1cc(CNC2CC2)cc(-c2ccc3c(c2)CCO3)c1. The summed E-state index contributed by atoms with van der Waals surface area (Å²) in [6, 6.07) is 16.2. The van der Waals surface area contributed by atoms with Crippen LogP contribution in [0.2, 0.25) is 0 Å². The van der Waals surface area contributed by atoms with Gasteiger partial charge in [0, 0.05) is 19.0 Å². The summed E-state index contributed by atoms with van der Waals surface area (Å²) in [5.74, 6) is 1.06. The van der Waals surface area contributed by atoms with Gasteiger partial charge in [-0.25, -0.2) is 0 Å². The number of nitrogens with one attached hydrogen (secondary N) is 1. The van der Waals surface area contributed by atoms with Crippen LogP contribution in [0.25, 0.3) is 11.1 Å². The van der Waals surface area contributed by atoms with E-state index in [1.807, 2.05) is 0 Å². The molecule has 1 heterocycles. The van der Waals surface area contributed by atoms with Crippen molar-refractivity contribution in [2.24, 2.45) is 0 Å². The van der Waals surface area contributed by atoms with E-state index >= 15 is 0 Å². The van der Waals surface area contributed by atoms with Crippen molar-refractivity contribution in [1.29, 1.82) is 0 Å². The zero-order valence-electron chi connectivity index (χ0n) is 11.6. The standard InChI is InChI=1S/C18H19NO/c1-2-13(12-19-17-5-6-17)10-14(3-1)15-4-7-18-16(11-15)8-9-20-18/h1-4,7,10-11,17,19H,5-6,8-9,12H2. The topological polar surface area (TPSA) is 21.3 Å². The van der Waals surface area contributed by atoms with Crippen molar-refractivity contribution in [3.8, 4) is 16.9 Å². The third kappa shape index (κ3) is 2.44. The first-order chi connectivity index (χ1) is 9.88. The molecule has 4 rings (SSSR count). The minimum absolute atomic E-state index is 0.760. The summed E-state index contributed by atoms with van der Waals surface area (Å²) in [4.78, 5) is 0. The van der Waals surface area contributed by atoms with Crippen molar-refractivity contribution in [3.05, 3.63) is 53.6 Å². The first-order valence-electron chi connectivity index (χ1n) is 7.47. The molecule has 2 heteroatoms. The van der Waals surface area contributed by atoms with Crippen molar-refractivity contribution in [2.45, 2.75) is 31.8 Å². The van der Waals surface area contributed by atoms with Crippen molar-refractivity contribution >= 4 is 0 Å². The number of hydrogen-bond donors (Lipinski definition) is 1. The van der Waals surface area contributed by atoms with Crippen LogP contribution in [-0.4, -0.2) is 12.6 Å². The Kier molecular flexibility index (Phi) is 2.96. The summed E-state index contributed by atoms with van der Waals surface area (Å²) in [7, 11) is 0. The second kappa shape index (κ2) is 4.95. The van der Waals surface area contributed by atoms with Crippen LogP contribution in [0, 0.1) is 0 Å². The van der Waals surface area contributed by atoms with Crippen LogP contribution in [-0.2, 0) is 13.0 Å². The second-order valence-electron chi connectivity index (χ2n) is 5.78. The zero-order chi connectivity index (χ0) is 13.4. The first kappa shape index (κ1) is 12.0. The Morgan fingerprint density at radius 1 is 1.05 bits per heavy atom. The zero-order valence-corrected chi connectivity index (χ0v) is 11.6. The van der Waals surface area contributed by atoms with E-state index in [0.717, 1.165) is 31.4 Å². The number of hydrogen-bond acceptors (Lipinski definition) is 2. The molecule has 0 radical (unpaired) electrons. The summed E-state index contributed by atoms with van der Waals surface area (Å²) in [6.45, 7) is 1.80. The van der Waals surface area contributed by atoms with Gasteiger partial charge in [0.05, 0.1) is 6.61 Å². The molecule has 1 saturated carbocycles. The lowest BCUT2D eigenvalue weighted by Gasteiger charge is -2.08. The normalized spacial score (nSPS) is 16.8. The number of fused-ring (bicyclic) bond motifs is 1. The van der Waals surface area contributed by atoms with Gasteiger partial charge in [0.15, 0.2) is 0 Å². The van der Waals surface area contributed by atoms with E-state index in [2.05, 4.69) is 47.8 Å². The van der Waals surface area contributed by atoms with Gasteiger partial charge in [0.1, 0.15) is 5.75 Å². The minimum atomic E-state index is 0.760. The summed E-state index contributed by atoms with van der Waals surface area (Å²) in [5.41, 5.74) is 5.30. The van der Waals surface area contributed by atoms with E-state index in [1.54, 1.807) is 0 Å². The molecule has 1 fully saturated rings. The average molecular weight is 265 g/mol. The van der Waals surface area contributed by atoms with Gasteiger partial charge in [0.2, 0.25) is 0 Å². The van der Waals surface area contributed by atoms with E-state index in [-0.39, 0.29) is 0 Å². The molecule has 20 heavy (non-hydrogen) atoms. The lowest BCUT2D eigenvalue weighted by molar-refractivity contribution is 0.357. The molecule has 2 aliphatic rings. The highest BCUT2D eigenvalue weighted by Crippen LogP contribution is 2.30. The van der Waals surface area contributed by atoms with Gasteiger partial charge in [0.25, 0.3) is 0 Å². The number of ether oxygens (including phenoxy) is 1. The van der Waals surface area contributed by atoms with Gasteiger partial charge in [-0.3, -0.25) is 0 Å². The van der Waals surface area contributed by atoms with E-state index in [0.29, 0.717) is 0 Å². The molecule has 102 valence electrons. The highest BCUT2D eigenvalue weighted by Gasteiger charge is 2.20. The molecule has 0 saturated heterocycles. The third-order valence-electron chi connectivity index (χ3n) is 4.12. The van der Waals surface area contributed by atoms with Crippen LogP contribution < -0.4 is 10.1 Å². The highest BCUT2D eigenvalue weighted by molar-refractivity contribution is 5.66. The lowest BCUT2D eigenvalue weighted by atomic mass is 10.00. The van der Waals surface area contributed by atoms with E-state index < -0.39 is 0 Å². The molecule has 0 spiro atoms. The Labute approximate surface area is 119 Å². The summed E-state index contributed by atoms with van der Waals surface area (Å²) in [5, 5.41) is 3.57. The van der Waals surface area contributed by atoms with Gasteiger partial charge >= 0.3 is 0 Å². The van der Waals surface area contributed by atoms with E-state index in [4.69, 9.17) is 4.74 Å². The number of rotatable bonds is 4. The smallest absolute Gasteiger partial charge is 0.122 e.